The van der Waals surface area contributed by atoms with E-state index in [9.17, 15) is 19.5 Å². The molecule has 1 rings (SSSR count). The first kappa shape index (κ1) is 46.6. The molecule has 0 saturated heterocycles. The van der Waals surface area contributed by atoms with Gasteiger partial charge in [0.15, 0.2) is 0 Å². The first-order valence-corrected chi connectivity index (χ1v) is 19.9. The number of esters is 1. The van der Waals surface area contributed by atoms with Crippen LogP contribution in [-0.4, -0.2) is 40.1 Å². The van der Waals surface area contributed by atoms with Gasteiger partial charge in [0.1, 0.15) is 11.9 Å². The monoisotopic (exact) mass is 839 g/mol. The van der Waals surface area contributed by atoms with Gasteiger partial charge in [-0.25, -0.2) is 9.59 Å². The third-order valence-corrected chi connectivity index (χ3v) is 7.12. The standard InChI is InChI=1S/C33H48O6.2ClH.2H3N.Pt/c1-9-28(14-15-29-24(5)13-16-31(36)39-29)19-22(3)12-10-11-21(2)17-25(6)32(37)27(8)33(38)26(7)18-23(4)20-30(34)35;;;;;/h10-11,13-17,19-20,22,24-27,29,33,38H,9,12,18H2,1-8H3,(H,34,35);2*1H;2*1H3;/q;;;;;+2/p-2/b11-10+,15-14+,21-17+,23-20+,28-19-;;;;;/t22-,24+,25-,26+,27-,29+,33-;;;;;/m1...../s1. The number of aliphatic carboxylic acids is 1. The van der Waals surface area contributed by atoms with Gasteiger partial charge in [-0.15, -0.1) is 0 Å². The number of carbonyl (C=O) groups is 3. The van der Waals surface area contributed by atoms with Crippen molar-refractivity contribution in [3.63, 3.8) is 0 Å². The molecule has 0 saturated carbocycles. The number of carbonyl (C=O) groups excluding carboxylic acids is 2. The summed E-state index contributed by atoms with van der Waals surface area (Å²) in [5.41, 5.74) is 2.84. The summed E-state index contributed by atoms with van der Waals surface area (Å²) < 4.78 is 5.39. The maximum absolute atomic E-state index is 13.0. The van der Waals surface area contributed by atoms with E-state index in [1.807, 2.05) is 58.1 Å². The molecular weight excluding hydrogens is 786 g/mol. The van der Waals surface area contributed by atoms with Crippen LogP contribution in [-0.2, 0) is 35.6 Å². The van der Waals surface area contributed by atoms with Gasteiger partial charge in [-0.05, 0) is 51.0 Å². The van der Waals surface area contributed by atoms with E-state index in [1.165, 1.54) is 11.6 Å². The van der Waals surface area contributed by atoms with Crippen LogP contribution in [0.2, 0.25) is 0 Å². The number of carboxylic acids is 1. The van der Waals surface area contributed by atoms with E-state index in [2.05, 4.69) is 26.0 Å². The van der Waals surface area contributed by atoms with Crippen LogP contribution >= 0.6 is 18.8 Å². The zero-order valence-corrected chi connectivity index (χ0v) is 31.2. The number of cyclic esters (lactones) is 1. The topological polar surface area (TPSA) is 171 Å². The molecule has 1 heterocycles. The van der Waals surface area contributed by atoms with Gasteiger partial charge in [0.05, 0.1) is 6.10 Å². The molecule has 11 heteroatoms. The van der Waals surface area contributed by atoms with Gasteiger partial charge in [0.2, 0.25) is 0 Å². The van der Waals surface area contributed by atoms with Crippen molar-refractivity contribution in [2.75, 3.05) is 0 Å². The second kappa shape index (κ2) is 25.4. The predicted octanol–water partition coefficient (Wildman–Crippen LogP) is 8.49. The van der Waals surface area contributed by atoms with E-state index in [0.29, 0.717) is 17.9 Å². The molecule has 0 aromatic rings. The summed E-state index contributed by atoms with van der Waals surface area (Å²) >= 11 is -0.472. The zero-order valence-electron chi connectivity index (χ0n) is 27.4. The van der Waals surface area contributed by atoms with Gasteiger partial charge < -0.3 is 27.3 Å². The van der Waals surface area contributed by atoms with Crippen LogP contribution < -0.4 is 12.3 Å². The molecule has 256 valence electrons. The molecule has 7 atom stereocenters. The van der Waals surface area contributed by atoms with Gasteiger partial charge >= 0.3 is 47.3 Å². The van der Waals surface area contributed by atoms with Crippen molar-refractivity contribution < 1.29 is 45.8 Å². The molecular formula is C33H54Cl2N2O6Pt. The Kier molecular flexibility index (Phi) is 26.9. The third-order valence-electron chi connectivity index (χ3n) is 7.12. The quantitative estimate of drug-likeness (QED) is 0.0723. The van der Waals surface area contributed by atoms with Gasteiger partial charge in [-0.2, -0.15) is 0 Å². The summed E-state index contributed by atoms with van der Waals surface area (Å²) in [7, 11) is 9.75. The van der Waals surface area contributed by atoms with E-state index in [0.717, 1.165) is 24.5 Å². The fourth-order valence-electron chi connectivity index (χ4n) is 4.75. The van der Waals surface area contributed by atoms with Gasteiger partial charge in [0.25, 0.3) is 0 Å². The molecule has 0 radical (unpaired) electrons. The maximum atomic E-state index is 13.0. The molecule has 0 aromatic carbocycles. The van der Waals surface area contributed by atoms with Crippen molar-refractivity contribution in [3.05, 3.63) is 71.4 Å². The summed E-state index contributed by atoms with van der Waals surface area (Å²) in [6, 6.07) is 0. The Balaban J connectivity index is -0.00000322. The number of halogens is 2. The van der Waals surface area contributed by atoms with Gasteiger partial charge in [0, 0.05) is 29.9 Å². The Morgan fingerprint density at radius 2 is 1.68 bits per heavy atom. The molecule has 0 spiro atoms. The number of Topliss-reactive ketones (excluding diaryl/α,β-unsaturated/α-hetero) is 1. The van der Waals surface area contributed by atoms with Crippen LogP contribution in [0.15, 0.2) is 71.4 Å². The van der Waals surface area contributed by atoms with Gasteiger partial charge in [-0.3, -0.25) is 4.79 Å². The van der Waals surface area contributed by atoms with Crippen molar-refractivity contribution in [1.29, 1.82) is 0 Å². The number of hydrogen-bond acceptors (Lipinski definition) is 7. The normalized spacial score (nSPS) is 20.9. The zero-order chi connectivity index (χ0) is 32.4. The van der Waals surface area contributed by atoms with E-state index >= 15 is 0 Å². The summed E-state index contributed by atoms with van der Waals surface area (Å²) in [5, 5.41) is 19.6. The molecule has 8 N–H and O–H groups in total. The number of hydrogen-bond donors (Lipinski definition) is 4. The third kappa shape index (κ3) is 19.6. The Hall–Kier alpha value is -1.80. The van der Waals surface area contributed by atoms with Crippen LogP contribution in [0, 0.1) is 29.6 Å². The SMILES string of the molecule is CCC(=C/[C@H](C)C/C=C/C(C)=C/[C@@H](C)C(=O)[C@@H](C)[C@H](O)[C@@H](C)C/C(C)=C/C(=O)O)/C=C/[C@@H]1OC(=O)C=C[C@@H]1C.N.N.[Cl][Pt][Cl]. The Morgan fingerprint density at radius 1 is 1.09 bits per heavy atom. The summed E-state index contributed by atoms with van der Waals surface area (Å²) in [6.45, 7) is 15.4. The first-order chi connectivity index (χ1) is 19.7. The average Bonchev–Trinajstić information content (AvgIpc) is 2.91. The number of carboxylic acid groups (broad SMARTS) is 1. The minimum absolute atomic E-state index is 0. The number of allylic oxidation sites excluding steroid dienone is 8. The average molecular weight is 841 g/mol. The number of aliphatic hydroxyl groups is 1. The summed E-state index contributed by atoms with van der Waals surface area (Å²) in [6.07, 6.45) is 17.8. The molecule has 0 bridgehead atoms. The number of rotatable bonds is 15. The fraction of sp³-hybridized carbons (Fsp3) is 0.545. The Bertz CT molecular complexity index is 1070. The number of ether oxygens (including phenoxy) is 1. The Labute approximate surface area is 281 Å². The van der Waals surface area contributed by atoms with Gasteiger partial charge in [-0.1, -0.05) is 94.7 Å². The minimum atomic E-state index is -1.01. The van der Waals surface area contributed by atoms with Crippen LogP contribution in [0.25, 0.3) is 0 Å². The molecule has 1 aliphatic heterocycles. The van der Waals surface area contributed by atoms with E-state index < -0.39 is 34.5 Å². The molecule has 0 fully saturated rings. The van der Waals surface area contributed by atoms with Crippen molar-refractivity contribution in [1.82, 2.24) is 12.3 Å². The summed E-state index contributed by atoms with van der Waals surface area (Å²) in [5.74, 6) is -2.01. The van der Waals surface area contributed by atoms with Crippen LogP contribution in [0.3, 0.4) is 0 Å². The van der Waals surface area contributed by atoms with Crippen molar-refractivity contribution >= 4 is 36.6 Å². The van der Waals surface area contributed by atoms with E-state index in [1.54, 1.807) is 13.8 Å². The van der Waals surface area contributed by atoms with Crippen LogP contribution in [0.5, 0.6) is 0 Å². The molecule has 0 aliphatic carbocycles. The van der Waals surface area contributed by atoms with Crippen molar-refractivity contribution in [2.24, 2.45) is 29.6 Å². The Morgan fingerprint density at radius 3 is 2.23 bits per heavy atom. The molecule has 44 heavy (non-hydrogen) atoms. The van der Waals surface area contributed by atoms with Crippen molar-refractivity contribution in [3.8, 4) is 0 Å². The van der Waals surface area contributed by atoms with Crippen LogP contribution in [0.1, 0.15) is 74.7 Å². The van der Waals surface area contributed by atoms with Crippen molar-refractivity contribution in [2.45, 2.75) is 86.9 Å². The molecule has 1 aliphatic rings. The second-order valence-corrected chi connectivity index (χ2v) is 14.4. The number of ketones is 1. The molecule has 0 unspecified atom stereocenters. The number of aliphatic hydroxyl groups excluding tert-OH is 1. The molecule has 0 amide bonds. The summed E-state index contributed by atoms with van der Waals surface area (Å²) in [4.78, 5) is 35.3. The van der Waals surface area contributed by atoms with Crippen LogP contribution in [0.4, 0.5) is 0 Å². The first-order valence-electron chi connectivity index (χ1n) is 14.2. The molecule has 0 aromatic heterocycles. The second-order valence-electron chi connectivity index (χ2n) is 11.1. The van der Waals surface area contributed by atoms with E-state index in [4.69, 9.17) is 28.7 Å². The fourth-order valence-corrected chi connectivity index (χ4v) is 4.75. The molecule has 8 nitrogen and oxygen atoms in total. The van der Waals surface area contributed by atoms with E-state index in [-0.39, 0.29) is 47.9 Å². The predicted molar refractivity (Wildman–Crippen MR) is 179 cm³/mol.